The van der Waals surface area contributed by atoms with Gasteiger partial charge in [-0.2, -0.15) is 0 Å². The van der Waals surface area contributed by atoms with E-state index in [1.54, 1.807) is 11.8 Å². The number of para-hydroxylation sites is 1. The molecular formula is C25H35N3O4S. The molecule has 3 amide bonds. The zero-order valence-corrected chi connectivity index (χ0v) is 20.6. The van der Waals surface area contributed by atoms with Gasteiger partial charge >= 0.3 is 12.0 Å². The molecule has 0 fully saturated rings. The van der Waals surface area contributed by atoms with Crippen LogP contribution in [-0.4, -0.2) is 36.1 Å². The Bertz CT molecular complexity index is 927. The van der Waals surface area contributed by atoms with Crippen LogP contribution in [-0.2, 0) is 0 Å². The summed E-state index contributed by atoms with van der Waals surface area (Å²) in [5, 5.41) is 15.3. The molecule has 0 aliphatic rings. The third kappa shape index (κ3) is 7.60. The van der Waals surface area contributed by atoms with Gasteiger partial charge in [0.2, 0.25) is 0 Å². The number of unbranched alkanes of at least 4 members (excludes halogenated alkanes) is 5. The summed E-state index contributed by atoms with van der Waals surface area (Å²) >= 11 is 1.01. The highest BCUT2D eigenvalue weighted by molar-refractivity contribution is 7.19. The number of hydrogen-bond donors (Lipinski definition) is 3. The number of thiophene rings is 1. The molecule has 3 N–H and O–H groups in total. The van der Waals surface area contributed by atoms with E-state index in [0.29, 0.717) is 23.5 Å². The van der Waals surface area contributed by atoms with Crippen LogP contribution in [0.15, 0.2) is 30.3 Å². The third-order valence-electron chi connectivity index (χ3n) is 5.36. The minimum Gasteiger partial charge on any atom is -0.478 e. The van der Waals surface area contributed by atoms with Crippen LogP contribution in [0.25, 0.3) is 0 Å². The van der Waals surface area contributed by atoms with Crippen LogP contribution in [0.3, 0.4) is 0 Å². The fourth-order valence-electron chi connectivity index (χ4n) is 3.62. The molecule has 1 heterocycles. The van der Waals surface area contributed by atoms with Gasteiger partial charge in [-0.05, 0) is 37.5 Å². The lowest BCUT2D eigenvalue weighted by molar-refractivity contribution is 0.0697. The highest BCUT2D eigenvalue weighted by Crippen LogP contribution is 2.35. The summed E-state index contributed by atoms with van der Waals surface area (Å²) in [7, 11) is 0. The molecule has 0 radical (unpaired) electrons. The average Bonchev–Trinajstić information content (AvgIpc) is 3.12. The molecule has 0 bridgehead atoms. The number of carboxylic acids is 1. The molecule has 8 heteroatoms. The van der Waals surface area contributed by atoms with E-state index in [-0.39, 0.29) is 16.5 Å². The lowest BCUT2D eigenvalue weighted by Gasteiger charge is -2.22. The smallest absolute Gasteiger partial charge is 0.339 e. The van der Waals surface area contributed by atoms with E-state index in [2.05, 4.69) is 17.6 Å². The van der Waals surface area contributed by atoms with Crippen LogP contribution < -0.4 is 15.5 Å². The van der Waals surface area contributed by atoms with Crippen molar-refractivity contribution in [2.24, 2.45) is 0 Å². The van der Waals surface area contributed by atoms with Crippen LogP contribution in [0.4, 0.5) is 15.5 Å². The molecule has 0 atom stereocenters. The SMILES string of the molecule is CCCCCCCCNC(=O)Nc1sc(C(=O)N(CCC)c2ccccc2)c(C)c1C(=O)O. The van der Waals surface area contributed by atoms with Crippen molar-refractivity contribution >= 4 is 39.9 Å². The van der Waals surface area contributed by atoms with E-state index in [1.165, 1.54) is 19.3 Å². The minimum absolute atomic E-state index is 0.0393. The Labute approximate surface area is 200 Å². The van der Waals surface area contributed by atoms with E-state index in [4.69, 9.17) is 0 Å². The van der Waals surface area contributed by atoms with Gasteiger partial charge in [0.05, 0.1) is 10.4 Å². The number of amides is 3. The molecule has 7 nitrogen and oxygen atoms in total. The Morgan fingerprint density at radius 3 is 2.27 bits per heavy atom. The highest BCUT2D eigenvalue weighted by atomic mass is 32.1. The zero-order valence-electron chi connectivity index (χ0n) is 19.8. The van der Waals surface area contributed by atoms with Crippen molar-refractivity contribution in [3.63, 3.8) is 0 Å². The zero-order chi connectivity index (χ0) is 24.2. The quantitative estimate of drug-likeness (QED) is 0.298. The number of nitrogens with zero attached hydrogens (tertiary/aromatic N) is 1. The number of anilines is 2. The number of hydrogen-bond acceptors (Lipinski definition) is 4. The van der Waals surface area contributed by atoms with Crippen molar-refractivity contribution in [1.82, 2.24) is 5.32 Å². The maximum Gasteiger partial charge on any atom is 0.339 e. The van der Waals surface area contributed by atoms with Crippen molar-refractivity contribution < 1.29 is 19.5 Å². The number of urea groups is 1. The predicted molar refractivity (Wildman–Crippen MR) is 135 cm³/mol. The van der Waals surface area contributed by atoms with Gasteiger partial charge in [-0.15, -0.1) is 11.3 Å². The summed E-state index contributed by atoms with van der Waals surface area (Å²) in [6.45, 7) is 6.79. The maximum absolute atomic E-state index is 13.4. The Morgan fingerprint density at radius 1 is 0.970 bits per heavy atom. The Morgan fingerprint density at radius 2 is 1.64 bits per heavy atom. The molecule has 0 saturated heterocycles. The lowest BCUT2D eigenvalue weighted by Crippen LogP contribution is -2.31. The molecule has 2 aromatic rings. The van der Waals surface area contributed by atoms with Crippen LogP contribution in [0.5, 0.6) is 0 Å². The van der Waals surface area contributed by atoms with Crippen LogP contribution in [0, 0.1) is 6.92 Å². The first-order valence-electron chi connectivity index (χ1n) is 11.7. The number of carbonyl (C=O) groups excluding carboxylic acids is 2. The number of nitrogens with one attached hydrogen (secondary N) is 2. The van der Waals surface area contributed by atoms with E-state index < -0.39 is 12.0 Å². The fraction of sp³-hybridized carbons (Fsp3) is 0.480. The Hall–Kier alpha value is -2.87. The van der Waals surface area contributed by atoms with Crippen LogP contribution >= 0.6 is 11.3 Å². The Kier molecular flexibility index (Phi) is 10.9. The maximum atomic E-state index is 13.4. The molecule has 2 rings (SSSR count). The molecule has 33 heavy (non-hydrogen) atoms. The standard InChI is InChI=1S/C25H35N3O4S/c1-4-6-7-8-9-13-16-26-25(32)27-22-20(24(30)31)18(3)21(33-22)23(29)28(17-5-2)19-14-11-10-12-15-19/h10-12,14-15H,4-9,13,16-17H2,1-3H3,(H,30,31)(H2,26,27,32). The number of aromatic carboxylic acids is 1. The topological polar surface area (TPSA) is 98.7 Å². The fourth-order valence-corrected chi connectivity index (χ4v) is 4.76. The van der Waals surface area contributed by atoms with Crippen LogP contribution in [0.1, 0.15) is 84.4 Å². The van der Waals surface area contributed by atoms with Crippen molar-refractivity contribution in [3.05, 3.63) is 46.3 Å². The molecule has 1 aromatic heterocycles. The molecule has 0 saturated carbocycles. The number of rotatable bonds is 13. The van der Waals surface area contributed by atoms with E-state index in [9.17, 15) is 19.5 Å². The summed E-state index contributed by atoms with van der Waals surface area (Å²) in [6, 6.07) is 8.84. The van der Waals surface area contributed by atoms with E-state index in [1.807, 2.05) is 37.3 Å². The van der Waals surface area contributed by atoms with Gasteiger partial charge in [-0.25, -0.2) is 9.59 Å². The monoisotopic (exact) mass is 473 g/mol. The normalized spacial score (nSPS) is 10.6. The second kappa shape index (κ2) is 13.6. The Balaban J connectivity index is 2.12. The minimum atomic E-state index is -1.17. The summed E-state index contributed by atoms with van der Waals surface area (Å²) in [5.41, 5.74) is 1.07. The van der Waals surface area contributed by atoms with Crippen molar-refractivity contribution in [1.29, 1.82) is 0 Å². The molecule has 180 valence electrons. The van der Waals surface area contributed by atoms with Gasteiger partial charge in [-0.3, -0.25) is 10.1 Å². The van der Waals surface area contributed by atoms with Gasteiger partial charge in [0.15, 0.2) is 0 Å². The number of carbonyl (C=O) groups is 3. The molecular weight excluding hydrogens is 438 g/mol. The first kappa shape index (κ1) is 26.4. The number of benzene rings is 1. The molecule has 1 aromatic carbocycles. The first-order valence-corrected chi connectivity index (χ1v) is 12.5. The number of carboxylic acid groups (broad SMARTS) is 1. The average molecular weight is 474 g/mol. The van der Waals surface area contributed by atoms with E-state index >= 15 is 0 Å². The molecule has 0 aliphatic heterocycles. The molecule has 0 aliphatic carbocycles. The predicted octanol–water partition coefficient (Wildman–Crippen LogP) is 6.29. The molecule has 0 spiro atoms. The second-order valence-electron chi connectivity index (χ2n) is 8.01. The highest BCUT2D eigenvalue weighted by Gasteiger charge is 2.28. The van der Waals surface area contributed by atoms with Crippen molar-refractivity contribution in [2.75, 3.05) is 23.3 Å². The summed E-state index contributed by atoms with van der Waals surface area (Å²) in [5.74, 6) is -1.44. The van der Waals surface area contributed by atoms with Gasteiger partial charge < -0.3 is 15.3 Å². The first-order chi connectivity index (χ1) is 15.9. The lowest BCUT2D eigenvalue weighted by atomic mass is 10.1. The summed E-state index contributed by atoms with van der Waals surface area (Å²) in [6.07, 6.45) is 7.44. The van der Waals surface area contributed by atoms with Gasteiger partial charge in [0.1, 0.15) is 5.00 Å². The summed E-state index contributed by atoms with van der Waals surface area (Å²) in [4.78, 5) is 39.6. The third-order valence-corrected chi connectivity index (χ3v) is 6.55. The van der Waals surface area contributed by atoms with E-state index in [0.717, 1.165) is 42.7 Å². The van der Waals surface area contributed by atoms with Gasteiger partial charge in [-0.1, -0.05) is 64.2 Å². The van der Waals surface area contributed by atoms with Gasteiger partial charge in [0, 0.05) is 18.8 Å². The van der Waals surface area contributed by atoms with Crippen molar-refractivity contribution in [3.8, 4) is 0 Å². The van der Waals surface area contributed by atoms with Crippen molar-refractivity contribution in [2.45, 2.75) is 65.7 Å². The summed E-state index contributed by atoms with van der Waals surface area (Å²) < 4.78 is 0. The van der Waals surface area contributed by atoms with Gasteiger partial charge in [0.25, 0.3) is 5.91 Å². The largest absolute Gasteiger partial charge is 0.478 e. The second-order valence-corrected chi connectivity index (χ2v) is 9.03. The molecule has 0 unspecified atom stereocenters. The van der Waals surface area contributed by atoms with Crippen LogP contribution in [0.2, 0.25) is 0 Å².